The van der Waals surface area contributed by atoms with E-state index in [0.29, 0.717) is 18.7 Å². The molecule has 132 valence electrons. The molecule has 0 saturated carbocycles. The predicted octanol–water partition coefficient (Wildman–Crippen LogP) is 2.03. The van der Waals surface area contributed by atoms with Gasteiger partial charge in [-0.25, -0.2) is 4.79 Å². The van der Waals surface area contributed by atoms with Crippen molar-refractivity contribution in [1.29, 1.82) is 0 Å². The number of amides is 1. The van der Waals surface area contributed by atoms with Crippen LogP contribution < -0.4 is 5.32 Å². The van der Waals surface area contributed by atoms with Gasteiger partial charge in [0.2, 0.25) is 0 Å². The molecule has 0 bridgehead atoms. The molecule has 1 aliphatic carbocycles. The Kier molecular flexibility index (Phi) is 5.60. The number of hydrogen-bond acceptors (Lipinski definition) is 5. The molecule has 1 aromatic carbocycles. The summed E-state index contributed by atoms with van der Waals surface area (Å²) < 4.78 is 10.1. The van der Waals surface area contributed by atoms with E-state index < -0.39 is 5.97 Å². The molecule has 1 N–H and O–H groups in total. The van der Waals surface area contributed by atoms with Gasteiger partial charge in [0.25, 0.3) is 5.91 Å². The van der Waals surface area contributed by atoms with Crippen LogP contribution in [0.2, 0.25) is 0 Å². The molecule has 6 heteroatoms. The second kappa shape index (κ2) is 8.07. The summed E-state index contributed by atoms with van der Waals surface area (Å²) in [5.41, 5.74) is 3.29. The number of hydrogen-bond donors (Lipinski definition) is 1. The fourth-order valence-electron chi connectivity index (χ4n) is 3.15. The topological polar surface area (TPSA) is 77.5 Å². The number of rotatable bonds is 6. The average Bonchev–Trinajstić information content (AvgIpc) is 2.64. The zero-order chi connectivity index (χ0) is 17.6. The second-order valence-electron chi connectivity index (χ2n) is 6.06. The lowest BCUT2D eigenvalue weighted by atomic mass is 9.90. The fourth-order valence-corrected chi connectivity index (χ4v) is 3.15. The van der Waals surface area contributed by atoms with Gasteiger partial charge in [-0.05, 0) is 37.3 Å². The van der Waals surface area contributed by atoms with Crippen molar-refractivity contribution in [2.75, 3.05) is 26.9 Å². The van der Waals surface area contributed by atoms with Crippen LogP contribution in [-0.4, -0.2) is 43.7 Å². The Labute approximate surface area is 146 Å². The van der Waals surface area contributed by atoms with Crippen molar-refractivity contribution in [3.63, 3.8) is 0 Å². The third-order valence-electron chi connectivity index (χ3n) is 4.34. The Morgan fingerprint density at radius 2 is 2.00 bits per heavy atom. The number of ether oxygens (including phenoxy) is 2. The Morgan fingerprint density at radius 3 is 2.84 bits per heavy atom. The maximum atomic E-state index is 12.7. The standard InChI is InChI=1S/C19H22N2O4/c1-24-11-10-20-17(22)12-25-19(23)18-13-6-2-4-8-15(13)21-16-9-5-3-7-14(16)18/h2,4,6,8H,3,5,7,9-12H2,1H3,(H,20,22). The van der Waals surface area contributed by atoms with Crippen LogP contribution in [0.1, 0.15) is 34.5 Å². The minimum Gasteiger partial charge on any atom is -0.452 e. The fraction of sp³-hybridized carbons (Fsp3) is 0.421. The summed E-state index contributed by atoms with van der Waals surface area (Å²) in [6.45, 7) is 0.511. The summed E-state index contributed by atoms with van der Waals surface area (Å²) in [5, 5.41) is 3.42. The van der Waals surface area contributed by atoms with E-state index in [1.54, 1.807) is 7.11 Å². The molecule has 25 heavy (non-hydrogen) atoms. The van der Waals surface area contributed by atoms with Gasteiger partial charge in [-0.3, -0.25) is 9.78 Å². The predicted molar refractivity (Wildman–Crippen MR) is 93.6 cm³/mol. The Hall–Kier alpha value is -2.47. The molecule has 0 aliphatic heterocycles. The van der Waals surface area contributed by atoms with Crippen molar-refractivity contribution in [2.24, 2.45) is 0 Å². The molecule has 0 fully saturated rings. The molecular formula is C19H22N2O4. The first-order chi connectivity index (χ1) is 12.2. The van der Waals surface area contributed by atoms with E-state index >= 15 is 0 Å². The molecule has 0 spiro atoms. The van der Waals surface area contributed by atoms with Crippen LogP contribution in [0.3, 0.4) is 0 Å². The molecule has 1 heterocycles. The smallest absolute Gasteiger partial charge is 0.339 e. The first-order valence-corrected chi connectivity index (χ1v) is 8.54. The summed E-state index contributed by atoms with van der Waals surface area (Å²) in [5.74, 6) is -0.795. The molecule has 2 aromatic rings. The van der Waals surface area contributed by atoms with Crippen molar-refractivity contribution in [2.45, 2.75) is 25.7 Å². The third kappa shape index (κ3) is 3.96. The largest absolute Gasteiger partial charge is 0.452 e. The van der Waals surface area contributed by atoms with Crippen LogP contribution in [0, 0.1) is 0 Å². The molecule has 1 amide bonds. The third-order valence-corrected chi connectivity index (χ3v) is 4.34. The lowest BCUT2D eigenvalue weighted by molar-refractivity contribution is -0.124. The van der Waals surface area contributed by atoms with Crippen LogP contribution in [0.5, 0.6) is 0 Å². The number of nitrogens with one attached hydrogen (secondary N) is 1. The minimum atomic E-state index is -0.460. The lowest BCUT2D eigenvalue weighted by Gasteiger charge is -2.19. The summed E-state index contributed by atoms with van der Waals surface area (Å²) in [7, 11) is 1.56. The number of para-hydroxylation sites is 1. The first-order valence-electron chi connectivity index (χ1n) is 8.54. The summed E-state index contributed by atoms with van der Waals surface area (Å²) >= 11 is 0. The highest BCUT2D eigenvalue weighted by atomic mass is 16.5. The SMILES string of the molecule is COCCNC(=O)COC(=O)c1c2c(nc3ccccc13)CCCC2. The van der Waals surface area contributed by atoms with Gasteiger partial charge in [0.1, 0.15) is 0 Å². The number of esters is 1. The van der Waals surface area contributed by atoms with Crippen LogP contribution >= 0.6 is 0 Å². The second-order valence-corrected chi connectivity index (χ2v) is 6.06. The molecule has 0 unspecified atom stereocenters. The highest BCUT2D eigenvalue weighted by Gasteiger charge is 2.23. The molecule has 0 saturated heterocycles. The van der Waals surface area contributed by atoms with Gasteiger partial charge >= 0.3 is 5.97 Å². The maximum Gasteiger partial charge on any atom is 0.339 e. The van der Waals surface area contributed by atoms with Gasteiger partial charge in [0.05, 0.1) is 17.7 Å². The summed E-state index contributed by atoms with van der Waals surface area (Å²) in [6, 6.07) is 7.57. The van der Waals surface area contributed by atoms with Crippen molar-refractivity contribution in [3.8, 4) is 0 Å². The quantitative estimate of drug-likeness (QED) is 0.642. The summed E-state index contributed by atoms with van der Waals surface area (Å²) in [6.07, 6.45) is 3.80. The number of fused-ring (bicyclic) bond motifs is 2. The maximum absolute atomic E-state index is 12.7. The van der Waals surface area contributed by atoms with E-state index in [1.807, 2.05) is 24.3 Å². The molecular weight excluding hydrogens is 320 g/mol. The van der Waals surface area contributed by atoms with E-state index in [1.165, 1.54) is 0 Å². The monoisotopic (exact) mass is 342 g/mol. The normalized spacial score (nSPS) is 13.3. The van der Waals surface area contributed by atoms with Crippen molar-refractivity contribution >= 4 is 22.8 Å². The van der Waals surface area contributed by atoms with Gasteiger partial charge in [-0.1, -0.05) is 18.2 Å². The molecule has 0 atom stereocenters. The van der Waals surface area contributed by atoms with Crippen LogP contribution in [-0.2, 0) is 27.1 Å². The van der Waals surface area contributed by atoms with E-state index in [9.17, 15) is 9.59 Å². The number of nitrogens with zero attached hydrogens (tertiary/aromatic N) is 1. The van der Waals surface area contributed by atoms with Crippen LogP contribution in [0.25, 0.3) is 10.9 Å². The summed E-state index contributed by atoms with van der Waals surface area (Å²) in [4.78, 5) is 29.2. The number of benzene rings is 1. The van der Waals surface area contributed by atoms with E-state index in [0.717, 1.165) is 47.8 Å². The zero-order valence-corrected chi connectivity index (χ0v) is 14.3. The van der Waals surface area contributed by atoms with Crippen molar-refractivity contribution < 1.29 is 19.1 Å². The Bertz CT molecular complexity index is 788. The van der Waals surface area contributed by atoms with Crippen LogP contribution in [0.4, 0.5) is 0 Å². The Balaban J connectivity index is 1.82. The van der Waals surface area contributed by atoms with E-state index in [4.69, 9.17) is 14.5 Å². The van der Waals surface area contributed by atoms with Crippen molar-refractivity contribution in [1.82, 2.24) is 10.3 Å². The number of carbonyl (C=O) groups is 2. The molecule has 3 rings (SSSR count). The number of carbonyl (C=O) groups excluding carboxylic acids is 2. The lowest BCUT2D eigenvalue weighted by Crippen LogP contribution is -2.31. The molecule has 0 radical (unpaired) electrons. The minimum absolute atomic E-state index is 0.298. The number of aromatic nitrogens is 1. The van der Waals surface area contributed by atoms with E-state index in [-0.39, 0.29) is 12.5 Å². The first kappa shape index (κ1) is 17.4. The number of methoxy groups -OCH3 is 1. The van der Waals surface area contributed by atoms with E-state index in [2.05, 4.69) is 5.32 Å². The highest BCUT2D eigenvalue weighted by Crippen LogP contribution is 2.29. The van der Waals surface area contributed by atoms with Gasteiger partial charge in [0, 0.05) is 24.7 Å². The molecule has 6 nitrogen and oxygen atoms in total. The van der Waals surface area contributed by atoms with Gasteiger partial charge in [-0.2, -0.15) is 0 Å². The van der Waals surface area contributed by atoms with Gasteiger partial charge < -0.3 is 14.8 Å². The van der Waals surface area contributed by atoms with Crippen LogP contribution in [0.15, 0.2) is 24.3 Å². The number of aryl methyl sites for hydroxylation is 1. The molecule has 1 aromatic heterocycles. The van der Waals surface area contributed by atoms with Gasteiger partial charge in [0.15, 0.2) is 6.61 Å². The zero-order valence-electron chi connectivity index (χ0n) is 14.3. The highest BCUT2D eigenvalue weighted by molar-refractivity contribution is 6.05. The van der Waals surface area contributed by atoms with Gasteiger partial charge in [-0.15, -0.1) is 0 Å². The molecule has 1 aliphatic rings. The number of pyridine rings is 1. The van der Waals surface area contributed by atoms with Crippen molar-refractivity contribution in [3.05, 3.63) is 41.1 Å². The average molecular weight is 342 g/mol. The Morgan fingerprint density at radius 1 is 1.20 bits per heavy atom.